The van der Waals surface area contributed by atoms with Crippen LogP contribution in [0, 0.1) is 5.82 Å². The summed E-state index contributed by atoms with van der Waals surface area (Å²) >= 11 is 13.9. The van der Waals surface area contributed by atoms with Crippen molar-refractivity contribution < 1.29 is 18.8 Å². The summed E-state index contributed by atoms with van der Waals surface area (Å²) < 4.78 is 13.1. The van der Waals surface area contributed by atoms with Crippen molar-refractivity contribution in [3.63, 3.8) is 0 Å². The SMILES string of the molecule is O=C(CSc1cccc(NC(=O)/C(=C\c2c(Cl)cccc2Cl)NC(=O)c2ccccc2)c1)Nc1ccc(F)cc1. The number of amides is 3. The summed E-state index contributed by atoms with van der Waals surface area (Å²) in [6.45, 7) is 0. The van der Waals surface area contributed by atoms with Gasteiger partial charge in [-0.25, -0.2) is 4.39 Å². The number of rotatable bonds is 9. The molecule has 0 saturated carbocycles. The van der Waals surface area contributed by atoms with Crippen LogP contribution in [0.2, 0.25) is 10.0 Å². The molecule has 0 saturated heterocycles. The number of hydrogen-bond donors (Lipinski definition) is 3. The number of anilines is 2. The number of nitrogens with one attached hydrogen (secondary N) is 3. The van der Waals surface area contributed by atoms with E-state index in [1.54, 1.807) is 72.8 Å². The van der Waals surface area contributed by atoms with Crippen LogP contribution in [0.1, 0.15) is 15.9 Å². The summed E-state index contributed by atoms with van der Waals surface area (Å²) in [5.41, 5.74) is 1.60. The number of benzene rings is 4. The van der Waals surface area contributed by atoms with E-state index in [9.17, 15) is 18.8 Å². The summed E-state index contributed by atoms with van der Waals surface area (Å²) in [4.78, 5) is 39.2. The largest absolute Gasteiger partial charge is 0.325 e. The lowest BCUT2D eigenvalue weighted by Crippen LogP contribution is -2.30. The molecule has 0 radical (unpaired) electrons. The minimum Gasteiger partial charge on any atom is -0.325 e. The predicted molar refractivity (Wildman–Crippen MR) is 159 cm³/mol. The first-order chi connectivity index (χ1) is 19.3. The Morgan fingerprint density at radius 3 is 2.15 bits per heavy atom. The van der Waals surface area contributed by atoms with Crippen LogP contribution in [0.15, 0.2) is 108 Å². The maximum Gasteiger partial charge on any atom is 0.272 e. The van der Waals surface area contributed by atoms with Crippen LogP contribution in [0.5, 0.6) is 0 Å². The van der Waals surface area contributed by atoms with Crippen molar-refractivity contribution in [3.05, 3.63) is 130 Å². The Kier molecular flexibility index (Phi) is 9.96. The lowest BCUT2D eigenvalue weighted by molar-refractivity contribution is -0.114. The van der Waals surface area contributed by atoms with E-state index in [1.165, 1.54) is 42.1 Å². The van der Waals surface area contributed by atoms with E-state index in [0.29, 0.717) is 32.5 Å². The zero-order valence-electron chi connectivity index (χ0n) is 20.8. The van der Waals surface area contributed by atoms with Gasteiger partial charge in [-0.05, 0) is 72.8 Å². The molecule has 40 heavy (non-hydrogen) atoms. The lowest BCUT2D eigenvalue weighted by Gasteiger charge is -2.13. The average molecular weight is 594 g/mol. The zero-order chi connectivity index (χ0) is 28.5. The lowest BCUT2D eigenvalue weighted by atomic mass is 10.1. The van der Waals surface area contributed by atoms with Crippen molar-refractivity contribution in [2.75, 3.05) is 16.4 Å². The van der Waals surface area contributed by atoms with E-state index in [0.717, 1.165) is 4.90 Å². The van der Waals surface area contributed by atoms with Gasteiger partial charge in [0.1, 0.15) is 11.5 Å². The topological polar surface area (TPSA) is 87.3 Å². The highest BCUT2D eigenvalue weighted by Gasteiger charge is 2.17. The fraction of sp³-hybridized carbons (Fsp3) is 0.0333. The van der Waals surface area contributed by atoms with Crippen molar-refractivity contribution in [1.82, 2.24) is 5.32 Å². The number of halogens is 3. The summed E-state index contributed by atoms with van der Waals surface area (Å²) in [6.07, 6.45) is 1.42. The molecule has 0 unspecified atom stereocenters. The van der Waals surface area contributed by atoms with Gasteiger partial charge in [0.25, 0.3) is 11.8 Å². The first kappa shape index (κ1) is 28.9. The molecule has 4 rings (SSSR count). The van der Waals surface area contributed by atoms with E-state index in [1.807, 2.05) is 0 Å². The van der Waals surface area contributed by atoms with E-state index < -0.39 is 11.8 Å². The van der Waals surface area contributed by atoms with Gasteiger partial charge in [-0.1, -0.05) is 53.5 Å². The molecule has 10 heteroatoms. The molecule has 0 spiro atoms. The predicted octanol–water partition coefficient (Wildman–Crippen LogP) is 7.27. The van der Waals surface area contributed by atoms with Crippen LogP contribution in [0.3, 0.4) is 0 Å². The van der Waals surface area contributed by atoms with Crippen LogP contribution >= 0.6 is 35.0 Å². The van der Waals surface area contributed by atoms with Gasteiger partial charge in [-0.2, -0.15) is 0 Å². The third-order valence-electron chi connectivity index (χ3n) is 5.41. The monoisotopic (exact) mass is 593 g/mol. The van der Waals surface area contributed by atoms with Crippen LogP contribution in [0.25, 0.3) is 6.08 Å². The molecule has 0 aliphatic rings. The van der Waals surface area contributed by atoms with Crippen LogP contribution in [-0.2, 0) is 9.59 Å². The smallest absolute Gasteiger partial charge is 0.272 e. The average Bonchev–Trinajstić information content (AvgIpc) is 2.95. The second-order valence-corrected chi connectivity index (χ2v) is 10.2. The number of carbonyl (C=O) groups is 3. The minimum absolute atomic E-state index is 0.0689. The number of carbonyl (C=O) groups excluding carboxylic acids is 3. The van der Waals surface area contributed by atoms with Crippen molar-refractivity contribution in [2.24, 2.45) is 0 Å². The highest BCUT2D eigenvalue weighted by molar-refractivity contribution is 8.00. The Bertz CT molecular complexity index is 1540. The summed E-state index contributed by atoms with van der Waals surface area (Å²) in [7, 11) is 0. The highest BCUT2D eigenvalue weighted by atomic mass is 35.5. The molecule has 0 atom stereocenters. The van der Waals surface area contributed by atoms with Gasteiger partial charge in [0.15, 0.2) is 0 Å². The van der Waals surface area contributed by atoms with Gasteiger partial charge in [0, 0.05) is 37.4 Å². The summed E-state index contributed by atoms with van der Waals surface area (Å²) in [5.74, 6) is -1.65. The molecular weight excluding hydrogens is 572 g/mol. The summed E-state index contributed by atoms with van der Waals surface area (Å²) in [5, 5.41) is 8.74. The quantitative estimate of drug-likeness (QED) is 0.141. The third kappa shape index (κ3) is 8.19. The maximum atomic E-state index is 13.3. The normalized spacial score (nSPS) is 11.0. The highest BCUT2D eigenvalue weighted by Crippen LogP contribution is 2.27. The van der Waals surface area contributed by atoms with Gasteiger partial charge in [0.05, 0.1) is 5.75 Å². The fourth-order valence-electron chi connectivity index (χ4n) is 3.48. The van der Waals surface area contributed by atoms with Crippen molar-refractivity contribution in [2.45, 2.75) is 4.90 Å². The molecule has 0 bridgehead atoms. The Hall–Kier alpha value is -4.11. The number of hydrogen-bond acceptors (Lipinski definition) is 4. The fourth-order valence-corrected chi connectivity index (χ4v) is 4.74. The van der Waals surface area contributed by atoms with Gasteiger partial charge < -0.3 is 16.0 Å². The van der Waals surface area contributed by atoms with Gasteiger partial charge in [-0.15, -0.1) is 11.8 Å². The van der Waals surface area contributed by atoms with E-state index in [2.05, 4.69) is 16.0 Å². The second kappa shape index (κ2) is 13.8. The summed E-state index contributed by atoms with van der Waals surface area (Å²) in [6, 6.07) is 25.8. The standard InChI is InChI=1S/C30H22Cl2FN3O3S/c31-25-10-5-11-26(32)24(25)17-27(36-29(38)19-6-2-1-3-7-19)30(39)35-22-8-4-9-23(16-22)40-18-28(37)34-21-14-12-20(33)13-15-21/h1-17H,18H2,(H,34,37)(H,35,39)(H,36,38)/b27-17+. The maximum absolute atomic E-state index is 13.3. The molecule has 0 aliphatic heterocycles. The Morgan fingerprint density at radius 2 is 1.45 bits per heavy atom. The van der Waals surface area contributed by atoms with E-state index in [-0.39, 0.29) is 23.2 Å². The van der Waals surface area contributed by atoms with Crippen molar-refractivity contribution in [3.8, 4) is 0 Å². The molecule has 0 aromatic heterocycles. The second-order valence-electron chi connectivity index (χ2n) is 8.34. The first-order valence-corrected chi connectivity index (χ1v) is 13.6. The van der Waals surface area contributed by atoms with E-state index in [4.69, 9.17) is 23.2 Å². The van der Waals surface area contributed by atoms with Gasteiger partial charge in [0.2, 0.25) is 5.91 Å². The molecular formula is C30H22Cl2FN3O3S. The van der Waals surface area contributed by atoms with Gasteiger partial charge in [-0.3, -0.25) is 14.4 Å². The molecule has 0 aliphatic carbocycles. The van der Waals surface area contributed by atoms with Gasteiger partial charge >= 0.3 is 0 Å². The van der Waals surface area contributed by atoms with Crippen LogP contribution in [0.4, 0.5) is 15.8 Å². The minimum atomic E-state index is -0.600. The number of thioether (sulfide) groups is 1. The first-order valence-electron chi connectivity index (χ1n) is 11.9. The third-order valence-corrected chi connectivity index (χ3v) is 7.06. The molecule has 202 valence electrons. The molecule has 0 fully saturated rings. The molecule has 6 nitrogen and oxygen atoms in total. The molecule has 0 heterocycles. The zero-order valence-corrected chi connectivity index (χ0v) is 23.1. The molecule has 3 N–H and O–H groups in total. The van der Waals surface area contributed by atoms with Crippen LogP contribution in [-0.4, -0.2) is 23.5 Å². The molecule has 4 aromatic carbocycles. The molecule has 4 aromatic rings. The van der Waals surface area contributed by atoms with Crippen molar-refractivity contribution >= 4 is 70.1 Å². The van der Waals surface area contributed by atoms with Crippen molar-refractivity contribution in [1.29, 1.82) is 0 Å². The molecule has 3 amide bonds. The van der Waals surface area contributed by atoms with Crippen LogP contribution < -0.4 is 16.0 Å². The Morgan fingerprint density at radius 1 is 0.775 bits per heavy atom. The Labute approximate surface area is 244 Å². The Balaban J connectivity index is 1.48. The van der Waals surface area contributed by atoms with E-state index >= 15 is 0 Å².